The summed E-state index contributed by atoms with van der Waals surface area (Å²) >= 11 is 0. The monoisotopic (exact) mass is 212 g/mol. The van der Waals surface area contributed by atoms with Gasteiger partial charge in [0.2, 0.25) is 5.91 Å². The van der Waals surface area contributed by atoms with E-state index in [2.05, 4.69) is 0 Å². The van der Waals surface area contributed by atoms with E-state index < -0.39 is 0 Å². The number of hydrogen-bond donors (Lipinski definition) is 1. The minimum Gasteiger partial charge on any atom is -0.372 e. The number of morpholine rings is 1. The van der Waals surface area contributed by atoms with Gasteiger partial charge in [0.1, 0.15) is 0 Å². The van der Waals surface area contributed by atoms with E-state index in [1.54, 1.807) is 0 Å². The third-order valence-electron chi connectivity index (χ3n) is 3.41. The van der Waals surface area contributed by atoms with E-state index in [1.807, 2.05) is 18.7 Å². The van der Waals surface area contributed by atoms with Crippen molar-refractivity contribution < 1.29 is 9.53 Å². The summed E-state index contributed by atoms with van der Waals surface area (Å²) in [4.78, 5) is 14.1. The van der Waals surface area contributed by atoms with Crippen LogP contribution in [0.3, 0.4) is 0 Å². The molecule has 1 saturated heterocycles. The highest BCUT2D eigenvalue weighted by atomic mass is 16.5. The number of nitrogens with two attached hydrogens (primary N) is 1. The van der Waals surface area contributed by atoms with Gasteiger partial charge in [0, 0.05) is 19.6 Å². The quantitative estimate of drug-likeness (QED) is 0.719. The number of carbonyl (C=O) groups excluding carboxylic acids is 1. The molecule has 0 atom stereocenters. The lowest BCUT2D eigenvalue weighted by molar-refractivity contribution is -0.151. The van der Waals surface area contributed by atoms with Crippen LogP contribution in [0.15, 0.2) is 0 Å². The topological polar surface area (TPSA) is 55.6 Å². The number of nitrogens with zero attached hydrogens (tertiary/aromatic N) is 1. The van der Waals surface area contributed by atoms with Crippen molar-refractivity contribution in [2.45, 2.75) is 32.3 Å². The van der Waals surface area contributed by atoms with Crippen molar-refractivity contribution >= 4 is 5.91 Å². The molecule has 0 radical (unpaired) electrons. The van der Waals surface area contributed by atoms with Crippen LogP contribution in [0.1, 0.15) is 26.7 Å². The third-order valence-corrected chi connectivity index (χ3v) is 3.41. The number of carbonyl (C=O) groups is 1. The lowest BCUT2D eigenvalue weighted by Crippen LogP contribution is -2.53. The maximum atomic E-state index is 12.2. The van der Waals surface area contributed by atoms with Gasteiger partial charge < -0.3 is 15.4 Å². The van der Waals surface area contributed by atoms with E-state index in [0.717, 1.165) is 12.8 Å². The van der Waals surface area contributed by atoms with Crippen molar-refractivity contribution in [2.24, 2.45) is 11.1 Å². The molecule has 2 N–H and O–H groups in total. The molecule has 1 aliphatic heterocycles. The van der Waals surface area contributed by atoms with Crippen LogP contribution in [0, 0.1) is 5.41 Å². The van der Waals surface area contributed by atoms with Gasteiger partial charge in [-0.3, -0.25) is 4.79 Å². The van der Waals surface area contributed by atoms with E-state index in [0.29, 0.717) is 26.2 Å². The predicted molar refractivity (Wildman–Crippen MR) is 57.3 cm³/mol. The Bertz CT molecular complexity index is 272. The minimum absolute atomic E-state index is 0.210. The highest BCUT2D eigenvalue weighted by molar-refractivity contribution is 5.85. The van der Waals surface area contributed by atoms with Crippen molar-refractivity contribution in [3.8, 4) is 0 Å². The fourth-order valence-corrected chi connectivity index (χ4v) is 2.18. The third kappa shape index (κ3) is 2.01. The van der Waals surface area contributed by atoms with E-state index in [9.17, 15) is 4.79 Å². The van der Waals surface area contributed by atoms with Gasteiger partial charge in [0.15, 0.2) is 0 Å². The van der Waals surface area contributed by atoms with Crippen molar-refractivity contribution in [3.05, 3.63) is 0 Å². The van der Waals surface area contributed by atoms with Crippen LogP contribution in [0.4, 0.5) is 0 Å². The normalized spacial score (nSPS) is 27.5. The molecule has 0 bridgehead atoms. The number of rotatable bonds is 2. The average Bonchev–Trinajstić information content (AvgIpc) is 2.96. The van der Waals surface area contributed by atoms with Crippen LogP contribution < -0.4 is 5.73 Å². The molecule has 15 heavy (non-hydrogen) atoms. The van der Waals surface area contributed by atoms with Gasteiger partial charge >= 0.3 is 0 Å². The Morgan fingerprint density at radius 2 is 2.13 bits per heavy atom. The highest BCUT2D eigenvalue weighted by Crippen LogP contribution is 2.46. The molecule has 0 spiro atoms. The first-order chi connectivity index (χ1) is 6.99. The first kappa shape index (κ1) is 10.9. The molecule has 2 rings (SSSR count). The largest absolute Gasteiger partial charge is 0.372 e. The first-order valence-electron chi connectivity index (χ1n) is 5.63. The van der Waals surface area contributed by atoms with Crippen LogP contribution in [0.5, 0.6) is 0 Å². The molecule has 1 heterocycles. The molecule has 2 aliphatic rings. The van der Waals surface area contributed by atoms with Crippen LogP contribution in [-0.2, 0) is 9.53 Å². The van der Waals surface area contributed by atoms with Gasteiger partial charge in [-0.25, -0.2) is 0 Å². The molecular weight excluding hydrogens is 192 g/mol. The molecule has 86 valence electrons. The Morgan fingerprint density at radius 3 is 2.60 bits per heavy atom. The maximum absolute atomic E-state index is 12.2. The van der Waals surface area contributed by atoms with Crippen LogP contribution in [-0.4, -0.2) is 42.6 Å². The maximum Gasteiger partial charge on any atom is 0.230 e. The second-order valence-electron chi connectivity index (χ2n) is 5.32. The van der Waals surface area contributed by atoms with E-state index in [4.69, 9.17) is 10.5 Å². The molecule has 0 aromatic rings. The molecule has 1 saturated carbocycles. The van der Waals surface area contributed by atoms with E-state index in [1.165, 1.54) is 0 Å². The molecule has 1 aliphatic carbocycles. The molecule has 2 fully saturated rings. The SMILES string of the molecule is CC1(C)CN(C(=O)C2(CN)CC2)CCO1. The molecule has 1 amide bonds. The lowest BCUT2D eigenvalue weighted by Gasteiger charge is -2.39. The first-order valence-corrected chi connectivity index (χ1v) is 5.63. The summed E-state index contributed by atoms with van der Waals surface area (Å²) in [5.41, 5.74) is 5.24. The molecule has 4 heteroatoms. The number of amides is 1. The molecule has 0 unspecified atom stereocenters. The van der Waals surface area contributed by atoms with Gasteiger partial charge in [0.25, 0.3) is 0 Å². The summed E-state index contributed by atoms with van der Waals surface area (Å²) in [5, 5.41) is 0. The zero-order chi connectivity index (χ0) is 11.1. The molecule has 0 aromatic heterocycles. The smallest absolute Gasteiger partial charge is 0.230 e. The van der Waals surface area contributed by atoms with Gasteiger partial charge in [-0.2, -0.15) is 0 Å². The number of ether oxygens (including phenoxy) is 1. The van der Waals surface area contributed by atoms with Crippen molar-refractivity contribution in [3.63, 3.8) is 0 Å². The summed E-state index contributed by atoms with van der Waals surface area (Å²) in [7, 11) is 0. The van der Waals surface area contributed by atoms with Gasteiger partial charge in [0.05, 0.1) is 17.6 Å². The number of hydrogen-bond acceptors (Lipinski definition) is 3. The van der Waals surface area contributed by atoms with Gasteiger partial charge in [-0.15, -0.1) is 0 Å². The van der Waals surface area contributed by atoms with Crippen LogP contribution in [0.25, 0.3) is 0 Å². The van der Waals surface area contributed by atoms with Crippen molar-refractivity contribution in [2.75, 3.05) is 26.2 Å². The minimum atomic E-state index is -0.215. The Kier molecular flexibility index (Phi) is 2.51. The van der Waals surface area contributed by atoms with E-state index >= 15 is 0 Å². The Hall–Kier alpha value is -0.610. The van der Waals surface area contributed by atoms with Crippen molar-refractivity contribution in [1.29, 1.82) is 0 Å². The Morgan fingerprint density at radius 1 is 1.47 bits per heavy atom. The van der Waals surface area contributed by atoms with Gasteiger partial charge in [-0.05, 0) is 26.7 Å². The average molecular weight is 212 g/mol. The summed E-state index contributed by atoms with van der Waals surface area (Å²) in [6.07, 6.45) is 1.92. The Labute approximate surface area is 90.8 Å². The second-order valence-corrected chi connectivity index (χ2v) is 5.32. The summed E-state index contributed by atoms with van der Waals surface area (Å²) in [5.74, 6) is 0.237. The Balaban J connectivity index is 2.02. The second kappa shape index (κ2) is 3.46. The summed E-state index contributed by atoms with van der Waals surface area (Å²) in [6.45, 7) is 6.57. The fraction of sp³-hybridized carbons (Fsp3) is 0.909. The summed E-state index contributed by atoms with van der Waals surface area (Å²) < 4.78 is 5.59. The van der Waals surface area contributed by atoms with Crippen LogP contribution in [0.2, 0.25) is 0 Å². The molecular formula is C11H20N2O2. The zero-order valence-electron chi connectivity index (χ0n) is 9.58. The fourth-order valence-electron chi connectivity index (χ4n) is 2.18. The zero-order valence-corrected chi connectivity index (χ0v) is 9.58. The standard InChI is InChI=1S/C11H20N2O2/c1-10(2)8-13(5-6-15-10)9(14)11(7-12)3-4-11/h3-8,12H2,1-2H3. The highest BCUT2D eigenvalue weighted by Gasteiger charge is 2.51. The van der Waals surface area contributed by atoms with Gasteiger partial charge in [-0.1, -0.05) is 0 Å². The molecule has 4 nitrogen and oxygen atoms in total. The lowest BCUT2D eigenvalue weighted by atomic mass is 10.0. The van der Waals surface area contributed by atoms with Crippen LogP contribution >= 0.6 is 0 Å². The summed E-state index contributed by atoms with van der Waals surface area (Å²) in [6, 6.07) is 0. The van der Waals surface area contributed by atoms with E-state index in [-0.39, 0.29) is 16.9 Å². The van der Waals surface area contributed by atoms with Crippen molar-refractivity contribution in [1.82, 2.24) is 4.90 Å². The molecule has 0 aromatic carbocycles. The predicted octanol–water partition coefficient (Wildman–Crippen LogP) is 0.363.